The summed E-state index contributed by atoms with van der Waals surface area (Å²) in [4.78, 5) is 0. The standard InChI is InChI=1S/C8H16N2OS/c1-4-5-6-8(2)7-12(9,11)10-3/h8H,6-7H2,1-3H3,(H2,9,10,11)/t8-,12?/m0/s1. The van der Waals surface area contributed by atoms with E-state index >= 15 is 0 Å². The fourth-order valence-corrected chi connectivity index (χ4v) is 1.90. The lowest BCUT2D eigenvalue weighted by molar-refractivity contribution is 0.640. The van der Waals surface area contributed by atoms with Gasteiger partial charge < -0.3 is 0 Å². The van der Waals surface area contributed by atoms with Gasteiger partial charge in [-0.3, -0.25) is 0 Å². The Bertz CT molecular complexity index is 292. The minimum atomic E-state index is -2.44. The van der Waals surface area contributed by atoms with Gasteiger partial charge >= 0.3 is 0 Å². The SMILES string of the molecule is CC#CC[C@H](C)CS(N)(=O)=NC. The highest BCUT2D eigenvalue weighted by Crippen LogP contribution is 2.03. The molecule has 0 saturated heterocycles. The lowest BCUT2D eigenvalue weighted by atomic mass is 10.1. The van der Waals surface area contributed by atoms with Crippen LogP contribution in [0.25, 0.3) is 0 Å². The zero-order valence-electron chi connectivity index (χ0n) is 7.83. The molecule has 2 N–H and O–H groups in total. The summed E-state index contributed by atoms with van der Waals surface area (Å²) in [6, 6.07) is 0. The molecule has 70 valence electrons. The molecule has 0 aliphatic rings. The van der Waals surface area contributed by atoms with Crippen LogP contribution >= 0.6 is 0 Å². The van der Waals surface area contributed by atoms with E-state index in [4.69, 9.17) is 5.14 Å². The zero-order chi connectivity index (χ0) is 9.61. The Morgan fingerprint density at radius 2 is 2.25 bits per heavy atom. The molecule has 0 saturated carbocycles. The van der Waals surface area contributed by atoms with Crippen molar-refractivity contribution < 1.29 is 4.21 Å². The van der Waals surface area contributed by atoms with Crippen molar-refractivity contribution in [2.24, 2.45) is 15.4 Å². The van der Waals surface area contributed by atoms with Gasteiger partial charge in [0.1, 0.15) is 9.92 Å². The van der Waals surface area contributed by atoms with Crippen molar-refractivity contribution >= 4 is 9.92 Å². The van der Waals surface area contributed by atoms with Gasteiger partial charge in [0, 0.05) is 19.2 Å². The van der Waals surface area contributed by atoms with Gasteiger partial charge in [-0.1, -0.05) is 6.92 Å². The van der Waals surface area contributed by atoms with Crippen LogP contribution in [-0.2, 0) is 9.92 Å². The average Bonchev–Trinajstić information content (AvgIpc) is 2.00. The van der Waals surface area contributed by atoms with Crippen molar-refractivity contribution in [2.45, 2.75) is 20.3 Å². The van der Waals surface area contributed by atoms with E-state index in [0.29, 0.717) is 5.75 Å². The van der Waals surface area contributed by atoms with Gasteiger partial charge in [0.25, 0.3) is 0 Å². The van der Waals surface area contributed by atoms with Crippen LogP contribution in [0.2, 0.25) is 0 Å². The molecule has 0 rings (SSSR count). The summed E-state index contributed by atoms with van der Waals surface area (Å²) >= 11 is 0. The van der Waals surface area contributed by atoms with E-state index in [1.807, 2.05) is 6.92 Å². The minimum absolute atomic E-state index is 0.249. The lowest BCUT2D eigenvalue weighted by Crippen LogP contribution is -2.21. The number of hydrogen-bond acceptors (Lipinski definition) is 2. The number of nitrogens with zero attached hydrogens (tertiary/aromatic N) is 1. The predicted molar refractivity (Wildman–Crippen MR) is 52.8 cm³/mol. The molecule has 4 heteroatoms. The van der Waals surface area contributed by atoms with Crippen LogP contribution in [-0.4, -0.2) is 17.0 Å². The van der Waals surface area contributed by atoms with Crippen molar-refractivity contribution in [3.05, 3.63) is 0 Å². The Morgan fingerprint density at radius 3 is 2.67 bits per heavy atom. The smallest absolute Gasteiger partial charge is 0.105 e. The Labute approximate surface area is 75.0 Å². The molecule has 0 radical (unpaired) electrons. The van der Waals surface area contributed by atoms with Gasteiger partial charge in [0.15, 0.2) is 0 Å². The van der Waals surface area contributed by atoms with E-state index in [2.05, 4.69) is 16.2 Å². The Hall–Kier alpha value is -0.530. The minimum Gasteiger partial charge on any atom is -0.245 e. The number of rotatable bonds is 3. The Morgan fingerprint density at radius 1 is 1.67 bits per heavy atom. The van der Waals surface area contributed by atoms with Crippen LogP contribution in [0.5, 0.6) is 0 Å². The van der Waals surface area contributed by atoms with E-state index in [9.17, 15) is 4.21 Å². The molecule has 0 heterocycles. The van der Waals surface area contributed by atoms with E-state index < -0.39 is 9.92 Å². The van der Waals surface area contributed by atoms with Crippen LogP contribution in [0.15, 0.2) is 4.36 Å². The molecule has 0 aromatic heterocycles. The molecule has 1 unspecified atom stereocenters. The van der Waals surface area contributed by atoms with Gasteiger partial charge in [-0.25, -0.2) is 13.7 Å². The summed E-state index contributed by atoms with van der Waals surface area (Å²) in [5.41, 5.74) is 0. The fourth-order valence-electron chi connectivity index (χ4n) is 0.817. The summed E-state index contributed by atoms with van der Waals surface area (Å²) in [6.45, 7) is 3.76. The summed E-state index contributed by atoms with van der Waals surface area (Å²) < 4.78 is 14.9. The van der Waals surface area contributed by atoms with Crippen LogP contribution in [0, 0.1) is 17.8 Å². The summed E-state index contributed by atoms with van der Waals surface area (Å²) in [7, 11) is -0.955. The van der Waals surface area contributed by atoms with Gasteiger partial charge in [-0.05, 0) is 12.8 Å². The Balaban J connectivity index is 4.08. The lowest BCUT2D eigenvalue weighted by Gasteiger charge is -2.07. The molecule has 0 aliphatic heterocycles. The maximum atomic E-state index is 11.3. The normalized spacial score (nSPS) is 17.0. The molecule has 0 aliphatic carbocycles. The van der Waals surface area contributed by atoms with Crippen LogP contribution in [0.1, 0.15) is 20.3 Å². The zero-order valence-corrected chi connectivity index (χ0v) is 8.65. The molecule has 2 atom stereocenters. The monoisotopic (exact) mass is 188 g/mol. The maximum Gasteiger partial charge on any atom is 0.105 e. The average molecular weight is 188 g/mol. The first kappa shape index (κ1) is 11.5. The van der Waals surface area contributed by atoms with Crippen molar-refractivity contribution in [1.82, 2.24) is 0 Å². The molecule has 0 amide bonds. The molecule has 0 aromatic rings. The van der Waals surface area contributed by atoms with Gasteiger partial charge in [0.05, 0.1) is 0 Å². The van der Waals surface area contributed by atoms with E-state index in [1.54, 1.807) is 6.92 Å². The highest BCUT2D eigenvalue weighted by Gasteiger charge is 2.07. The highest BCUT2D eigenvalue weighted by atomic mass is 32.2. The molecular formula is C8H16N2OS. The first-order valence-corrected chi connectivity index (χ1v) is 5.57. The molecular weight excluding hydrogens is 172 g/mol. The van der Waals surface area contributed by atoms with E-state index in [0.717, 1.165) is 6.42 Å². The van der Waals surface area contributed by atoms with Gasteiger partial charge in [-0.15, -0.1) is 11.8 Å². The van der Waals surface area contributed by atoms with E-state index in [1.165, 1.54) is 7.05 Å². The molecule has 0 spiro atoms. The second-order valence-electron chi connectivity index (χ2n) is 2.78. The Kier molecular flexibility index (Phi) is 4.95. The topological polar surface area (TPSA) is 55.5 Å². The van der Waals surface area contributed by atoms with Crippen molar-refractivity contribution in [3.63, 3.8) is 0 Å². The quantitative estimate of drug-likeness (QED) is 0.660. The largest absolute Gasteiger partial charge is 0.245 e. The number of nitrogens with two attached hydrogens (primary N) is 1. The summed E-state index contributed by atoms with van der Waals surface area (Å²) in [5, 5.41) is 5.40. The third-order valence-electron chi connectivity index (χ3n) is 1.46. The third-order valence-corrected chi connectivity index (χ3v) is 3.12. The van der Waals surface area contributed by atoms with E-state index in [-0.39, 0.29) is 5.92 Å². The fraction of sp³-hybridized carbons (Fsp3) is 0.750. The highest BCUT2D eigenvalue weighted by molar-refractivity contribution is 7.91. The van der Waals surface area contributed by atoms with Crippen molar-refractivity contribution in [1.29, 1.82) is 0 Å². The number of hydrogen-bond donors (Lipinski definition) is 1. The molecule has 0 aromatic carbocycles. The molecule has 0 bridgehead atoms. The summed E-state index contributed by atoms with van der Waals surface area (Å²) in [5.74, 6) is 6.39. The third kappa shape index (κ3) is 5.16. The first-order chi connectivity index (χ1) is 5.52. The van der Waals surface area contributed by atoms with Crippen LogP contribution in [0.3, 0.4) is 0 Å². The first-order valence-electron chi connectivity index (χ1n) is 3.82. The summed E-state index contributed by atoms with van der Waals surface area (Å²) in [6.07, 6.45) is 0.736. The maximum absolute atomic E-state index is 11.3. The molecule has 12 heavy (non-hydrogen) atoms. The predicted octanol–water partition coefficient (Wildman–Crippen LogP) is 1.01. The van der Waals surface area contributed by atoms with Crippen molar-refractivity contribution in [3.8, 4) is 11.8 Å². The van der Waals surface area contributed by atoms with Gasteiger partial charge in [0.2, 0.25) is 0 Å². The molecule has 0 fully saturated rings. The second-order valence-corrected chi connectivity index (χ2v) is 4.85. The van der Waals surface area contributed by atoms with Crippen LogP contribution in [0.4, 0.5) is 0 Å². The van der Waals surface area contributed by atoms with Crippen molar-refractivity contribution in [2.75, 3.05) is 12.8 Å². The molecule has 3 nitrogen and oxygen atoms in total. The second kappa shape index (κ2) is 5.18. The van der Waals surface area contributed by atoms with Crippen LogP contribution < -0.4 is 5.14 Å². The van der Waals surface area contributed by atoms with Gasteiger partial charge in [-0.2, -0.15) is 0 Å².